The maximum Gasteiger partial charge on any atom is 0.277 e. The molecule has 1 amide bonds. The third-order valence-electron chi connectivity index (χ3n) is 5.33. The highest BCUT2D eigenvalue weighted by atomic mass is 16.3. The van der Waals surface area contributed by atoms with Crippen molar-refractivity contribution in [2.75, 3.05) is 13.1 Å². The van der Waals surface area contributed by atoms with Crippen LogP contribution in [0.3, 0.4) is 0 Å². The van der Waals surface area contributed by atoms with Gasteiger partial charge in [0.1, 0.15) is 12.1 Å². The van der Waals surface area contributed by atoms with Gasteiger partial charge in [-0.1, -0.05) is 43.2 Å². The lowest BCUT2D eigenvalue weighted by atomic mass is 10.1. The Hall–Kier alpha value is -2.93. The molecule has 28 heavy (non-hydrogen) atoms. The van der Waals surface area contributed by atoms with E-state index in [1.807, 2.05) is 35.2 Å². The van der Waals surface area contributed by atoms with E-state index in [0.29, 0.717) is 16.8 Å². The van der Waals surface area contributed by atoms with Gasteiger partial charge >= 0.3 is 0 Å². The Balaban J connectivity index is 1.70. The zero-order valence-electron chi connectivity index (χ0n) is 15.8. The largest absolute Gasteiger partial charge is 0.392 e. The average molecular weight is 380 g/mol. The molecule has 1 N–H and O–H groups in total. The van der Waals surface area contributed by atoms with Crippen LogP contribution in [0.1, 0.15) is 31.2 Å². The molecule has 0 spiro atoms. The second-order valence-electron chi connectivity index (χ2n) is 7.17. The first-order valence-electron chi connectivity index (χ1n) is 9.74. The number of aliphatic hydroxyl groups is 1. The SMILES string of the molecule is O=C(Cn1ccn2nc(-c3ccccc3)c(CO)c2c1=O)N1CCCCCC1. The van der Waals surface area contributed by atoms with Gasteiger partial charge in [-0.05, 0) is 12.8 Å². The molecule has 0 aliphatic carbocycles. The number of amides is 1. The Morgan fingerprint density at radius 3 is 2.43 bits per heavy atom. The summed E-state index contributed by atoms with van der Waals surface area (Å²) in [6, 6.07) is 9.46. The minimum atomic E-state index is -0.315. The van der Waals surface area contributed by atoms with E-state index in [2.05, 4.69) is 5.10 Å². The summed E-state index contributed by atoms with van der Waals surface area (Å²) in [7, 11) is 0. The van der Waals surface area contributed by atoms with Crippen molar-refractivity contribution < 1.29 is 9.90 Å². The predicted molar refractivity (Wildman–Crippen MR) is 106 cm³/mol. The quantitative estimate of drug-likeness (QED) is 0.751. The standard InChI is InChI=1S/C21H24N4O3/c26-15-17-19(16-8-4-3-5-9-16)22-25-13-12-24(21(28)20(17)25)14-18(27)23-10-6-1-2-7-11-23/h3-5,8-9,12-13,26H,1-2,6-7,10-11,14-15H2. The Bertz CT molecular complexity index is 1030. The summed E-state index contributed by atoms with van der Waals surface area (Å²) in [5, 5.41) is 14.4. The highest BCUT2D eigenvalue weighted by molar-refractivity contribution is 5.76. The lowest BCUT2D eigenvalue weighted by Crippen LogP contribution is -2.37. The van der Waals surface area contributed by atoms with E-state index in [-0.39, 0.29) is 24.6 Å². The normalized spacial score (nSPS) is 15.0. The monoisotopic (exact) mass is 380 g/mol. The molecule has 0 atom stereocenters. The molecule has 7 nitrogen and oxygen atoms in total. The molecular weight excluding hydrogens is 356 g/mol. The van der Waals surface area contributed by atoms with Crippen molar-refractivity contribution in [3.63, 3.8) is 0 Å². The molecule has 2 aromatic heterocycles. The molecular formula is C21H24N4O3. The van der Waals surface area contributed by atoms with Gasteiger partial charge < -0.3 is 14.6 Å². The van der Waals surface area contributed by atoms with Crippen LogP contribution in [-0.4, -0.2) is 43.2 Å². The zero-order valence-corrected chi connectivity index (χ0v) is 15.8. The Kier molecular flexibility index (Phi) is 5.25. The van der Waals surface area contributed by atoms with E-state index in [4.69, 9.17) is 0 Å². The van der Waals surface area contributed by atoms with Crippen LogP contribution in [0.25, 0.3) is 16.8 Å². The number of hydrogen-bond donors (Lipinski definition) is 1. The molecule has 0 radical (unpaired) electrons. The lowest BCUT2D eigenvalue weighted by Gasteiger charge is -2.20. The first-order chi connectivity index (χ1) is 13.7. The number of hydrogen-bond acceptors (Lipinski definition) is 4. The molecule has 3 heterocycles. The van der Waals surface area contributed by atoms with Gasteiger partial charge in [-0.3, -0.25) is 9.59 Å². The highest BCUT2D eigenvalue weighted by Gasteiger charge is 2.20. The van der Waals surface area contributed by atoms with Crippen molar-refractivity contribution in [2.45, 2.75) is 38.8 Å². The van der Waals surface area contributed by atoms with Crippen LogP contribution >= 0.6 is 0 Å². The van der Waals surface area contributed by atoms with E-state index >= 15 is 0 Å². The van der Waals surface area contributed by atoms with Crippen LogP contribution in [0.4, 0.5) is 0 Å². The van der Waals surface area contributed by atoms with Gasteiger partial charge in [0.2, 0.25) is 5.91 Å². The minimum absolute atomic E-state index is 0.00600. The molecule has 1 aromatic carbocycles. The van der Waals surface area contributed by atoms with Crippen LogP contribution in [0.5, 0.6) is 0 Å². The van der Waals surface area contributed by atoms with Gasteiger partial charge in [-0.15, -0.1) is 0 Å². The Morgan fingerprint density at radius 1 is 1.04 bits per heavy atom. The molecule has 0 unspecified atom stereocenters. The number of likely N-dealkylation sites (tertiary alicyclic amines) is 1. The first kappa shape index (κ1) is 18.4. The second-order valence-corrected chi connectivity index (χ2v) is 7.17. The van der Waals surface area contributed by atoms with E-state index in [1.54, 1.807) is 12.4 Å². The number of nitrogens with zero attached hydrogens (tertiary/aromatic N) is 4. The molecule has 4 rings (SSSR count). The number of fused-ring (bicyclic) bond motifs is 1. The number of aliphatic hydroxyl groups excluding tert-OH is 1. The van der Waals surface area contributed by atoms with E-state index in [1.165, 1.54) is 9.08 Å². The zero-order chi connectivity index (χ0) is 19.5. The molecule has 3 aromatic rings. The molecule has 7 heteroatoms. The van der Waals surface area contributed by atoms with Crippen molar-refractivity contribution in [2.24, 2.45) is 0 Å². The van der Waals surface area contributed by atoms with Gasteiger partial charge in [0.15, 0.2) is 0 Å². The molecule has 146 valence electrons. The smallest absolute Gasteiger partial charge is 0.277 e. The third kappa shape index (κ3) is 3.45. The second kappa shape index (κ2) is 7.98. The molecule has 0 bridgehead atoms. The maximum atomic E-state index is 13.1. The van der Waals surface area contributed by atoms with E-state index in [0.717, 1.165) is 44.3 Å². The molecule has 1 saturated heterocycles. The topological polar surface area (TPSA) is 79.8 Å². The molecule has 1 aliphatic rings. The molecule has 1 fully saturated rings. The maximum absolute atomic E-state index is 13.1. The van der Waals surface area contributed by atoms with Crippen LogP contribution in [0.15, 0.2) is 47.5 Å². The number of carbonyl (C=O) groups excluding carboxylic acids is 1. The number of carbonyl (C=O) groups is 1. The minimum Gasteiger partial charge on any atom is -0.392 e. The van der Waals surface area contributed by atoms with Gasteiger partial charge in [-0.25, -0.2) is 4.52 Å². The summed E-state index contributed by atoms with van der Waals surface area (Å²) in [4.78, 5) is 27.6. The summed E-state index contributed by atoms with van der Waals surface area (Å²) < 4.78 is 2.90. The molecule has 0 saturated carbocycles. The summed E-state index contributed by atoms with van der Waals surface area (Å²) in [6.07, 6.45) is 7.57. The van der Waals surface area contributed by atoms with Crippen molar-refractivity contribution in [1.82, 2.24) is 19.1 Å². The van der Waals surface area contributed by atoms with Gasteiger partial charge in [0, 0.05) is 36.6 Å². The van der Waals surface area contributed by atoms with Gasteiger partial charge in [-0.2, -0.15) is 5.10 Å². The first-order valence-corrected chi connectivity index (χ1v) is 9.74. The Morgan fingerprint density at radius 2 is 1.75 bits per heavy atom. The van der Waals surface area contributed by atoms with Crippen molar-refractivity contribution in [3.05, 3.63) is 58.6 Å². The van der Waals surface area contributed by atoms with E-state index in [9.17, 15) is 14.7 Å². The van der Waals surface area contributed by atoms with Crippen LogP contribution < -0.4 is 5.56 Å². The molecule has 1 aliphatic heterocycles. The predicted octanol–water partition coefficient (Wildman–Crippen LogP) is 2.06. The number of rotatable bonds is 4. The highest BCUT2D eigenvalue weighted by Crippen LogP contribution is 2.24. The fraction of sp³-hybridized carbons (Fsp3) is 0.381. The summed E-state index contributed by atoms with van der Waals surface area (Å²) in [5.41, 5.74) is 1.89. The van der Waals surface area contributed by atoms with Crippen molar-refractivity contribution >= 4 is 11.4 Å². The average Bonchev–Trinajstić information content (AvgIpc) is 2.89. The third-order valence-corrected chi connectivity index (χ3v) is 5.33. The van der Waals surface area contributed by atoms with Crippen LogP contribution in [0.2, 0.25) is 0 Å². The van der Waals surface area contributed by atoms with Crippen LogP contribution in [-0.2, 0) is 17.9 Å². The Labute approximate surface area is 162 Å². The van der Waals surface area contributed by atoms with E-state index < -0.39 is 0 Å². The van der Waals surface area contributed by atoms with Gasteiger partial charge in [0.25, 0.3) is 5.56 Å². The fourth-order valence-electron chi connectivity index (χ4n) is 3.82. The van der Waals surface area contributed by atoms with Gasteiger partial charge in [0.05, 0.1) is 12.3 Å². The van der Waals surface area contributed by atoms with Crippen molar-refractivity contribution in [3.8, 4) is 11.3 Å². The summed E-state index contributed by atoms with van der Waals surface area (Å²) >= 11 is 0. The lowest BCUT2D eigenvalue weighted by molar-refractivity contribution is -0.131. The van der Waals surface area contributed by atoms with Crippen LogP contribution in [0, 0.1) is 0 Å². The summed E-state index contributed by atoms with van der Waals surface area (Å²) in [5.74, 6) is -0.0401. The fourth-order valence-corrected chi connectivity index (χ4v) is 3.82. The number of benzene rings is 1. The van der Waals surface area contributed by atoms with Crippen molar-refractivity contribution in [1.29, 1.82) is 0 Å². The summed E-state index contributed by atoms with van der Waals surface area (Å²) in [6.45, 7) is 1.21. The number of aromatic nitrogens is 3.